The second-order valence-corrected chi connectivity index (χ2v) is 3.73. The third-order valence-corrected chi connectivity index (χ3v) is 2.65. The van der Waals surface area contributed by atoms with E-state index in [0.717, 1.165) is 5.56 Å². The van der Waals surface area contributed by atoms with Crippen molar-refractivity contribution in [3.05, 3.63) is 35.9 Å². The molecule has 0 aromatic heterocycles. The van der Waals surface area contributed by atoms with Crippen LogP contribution in [0.15, 0.2) is 30.3 Å². The molecule has 0 radical (unpaired) electrons. The molecule has 1 aromatic rings. The lowest BCUT2D eigenvalue weighted by molar-refractivity contribution is -0.140. The Morgan fingerprint density at radius 2 is 2.00 bits per heavy atom. The van der Waals surface area contributed by atoms with Crippen LogP contribution in [0.1, 0.15) is 18.0 Å². The zero-order chi connectivity index (χ0) is 10.1. The number of hydrogen-bond acceptors (Lipinski definition) is 2. The molecule has 0 saturated carbocycles. The van der Waals surface area contributed by atoms with Gasteiger partial charge in [-0.15, -0.1) is 0 Å². The molecule has 1 aliphatic heterocycles. The Hall–Kier alpha value is -1.21. The Morgan fingerprint density at radius 1 is 1.36 bits per heavy atom. The van der Waals surface area contributed by atoms with Gasteiger partial charge in [-0.05, 0) is 14.8 Å². The van der Waals surface area contributed by atoms with E-state index in [1.165, 1.54) is 4.90 Å². The maximum absolute atomic E-state index is 11.1. The van der Waals surface area contributed by atoms with E-state index in [4.69, 9.17) is 0 Å². The van der Waals surface area contributed by atoms with Crippen molar-refractivity contribution in [3.8, 4) is 0 Å². The zero-order valence-electron chi connectivity index (χ0n) is 7.51. The van der Waals surface area contributed by atoms with Crippen molar-refractivity contribution in [2.45, 2.75) is 12.5 Å². The van der Waals surface area contributed by atoms with Gasteiger partial charge >= 0.3 is 0 Å². The predicted molar refractivity (Wildman–Crippen MR) is 55.8 cm³/mol. The van der Waals surface area contributed by atoms with Gasteiger partial charge in [-0.2, -0.15) is 0 Å². The van der Waals surface area contributed by atoms with Crippen molar-refractivity contribution in [2.24, 2.45) is 0 Å². The van der Waals surface area contributed by atoms with Crippen LogP contribution in [0.25, 0.3) is 0 Å². The first-order valence-corrected chi connectivity index (χ1v) is 4.94. The highest BCUT2D eigenvalue weighted by molar-refractivity contribution is 7.39. The van der Waals surface area contributed by atoms with Crippen LogP contribution in [0.2, 0.25) is 0 Å². The summed E-state index contributed by atoms with van der Waals surface area (Å²) >= 11 is 0. The van der Waals surface area contributed by atoms with E-state index >= 15 is 0 Å². The second-order valence-electron chi connectivity index (χ2n) is 3.23. The van der Waals surface area contributed by atoms with Gasteiger partial charge in [0.15, 0.2) is 0 Å². The fraction of sp³-hybridized carbons (Fsp3) is 0.200. The molecule has 1 heterocycles. The lowest BCUT2D eigenvalue weighted by Gasteiger charge is -2.38. The van der Waals surface area contributed by atoms with E-state index in [1.807, 2.05) is 39.6 Å². The molecule has 1 aliphatic rings. The molecule has 2 rings (SSSR count). The van der Waals surface area contributed by atoms with Crippen LogP contribution >= 0.6 is 9.24 Å². The quantitative estimate of drug-likeness (QED) is 0.521. The van der Waals surface area contributed by atoms with Gasteiger partial charge in [0.1, 0.15) is 0 Å². The average molecular weight is 207 g/mol. The number of benzene rings is 1. The number of β-lactam (4-membered cyclic amide) rings is 1. The Balaban J connectivity index is 2.22. The number of nitrogens with zero attached hydrogens (tertiary/aromatic N) is 1. The summed E-state index contributed by atoms with van der Waals surface area (Å²) in [5.41, 5.74) is 0.762. The van der Waals surface area contributed by atoms with E-state index < -0.39 is 0 Å². The fourth-order valence-corrected chi connectivity index (χ4v) is 1.96. The highest BCUT2D eigenvalue weighted by Crippen LogP contribution is 2.35. The van der Waals surface area contributed by atoms with Crippen molar-refractivity contribution >= 4 is 20.8 Å². The number of amides is 2. The molecular weight excluding hydrogens is 197 g/mol. The third-order valence-electron chi connectivity index (χ3n) is 2.37. The summed E-state index contributed by atoms with van der Waals surface area (Å²) in [5, 5.41) is 0. The van der Waals surface area contributed by atoms with Crippen molar-refractivity contribution in [1.29, 1.82) is 0 Å². The van der Waals surface area contributed by atoms with Crippen molar-refractivity contribution < 1.29 is 9.59 Å². The Morgan fingerprint density at radius 3 is 2.50 bits per heavy atom. The van der Waals surface area contributed by atoms with Gasteiger partial charge in [-0.25, -0.2) is 0 Å². The van der Waals surface area contributed by atoms with Crippen LogP contribution in [0, 0.1) is 0 Å². The SMILES string of the molecule is O=C(P)N1C(=O)CC1c1ccccc1. The summed E-state index contributed by atoms with van der Waals surface area (Å²) in [6.45, 7) is 0. The van der Waals surface area contributed by atoms with Gasteiger partial charge in [0.2, 0.25) is 11.6 Å². The molecule has 3 nitrogen and oxygen atoms in total. The minimum Gasteiger partial charge on any atom is -0.274 e. The zero-order valence-corrected chi connectivity index (χ0v) is 8.67. The lowest BCUT2D eigenvalue weighted by atomic mass is 9.95. The topological polar surface area (TPSA) is 37.4 Å². The van der Waals surface area contributed by atoms with E-state index in [1.54, 1.807) is 0 Å². The fourth-order valence-electron chi connectivity index (χ4n) is 1.64. The van der Waals surface area contributed by atoms with E-state index in [0.29, 0.717) is 6.42 Å². The van der Waals surface area contributed by atoms with Crippen LogP contribution in [0.5, 0.6) is 0 Å². The molecular formula is C10H10NO2P. The number of carbonyl (C=O) groups excluding carboxylic acids is 2. The molecule has 1 fully saturated rings. The molecule has 1 aromatic carbocycles. The largest absolute Gasteiger partial charge is 0.274 e. The first kappa shape index (κ1) is 9.35. The summed E-state index contributed by atoms with van der Waals surface area (Å²) in [6, 6.07) is 9.52. The second kappa shape index (κ2) is 3.50. The van der Waals surface area contributed by atoms with Crippen molar-refractivity contribution in [3.63, 3.8) is 0 Å². The van der Waals surface area contributed by atoms with Gasteiger partial charge in [0.25, 0.3) is 0 Å². The monoisotopic (exact) mass is 207 g/mol. The normalized spacial score (nSPS) is 20.5. The van der Waals surface area contributed by atoms with E-state index in [2.05, 4.69) is 0 Å². The first-order valence-electron chi connectivity index (χ1n) is 4.36. The molecule has 2 amide bonds. The highest BCUT2D eigenvalue weighted by atomic mass is 31.0. The minimum atomic E-state index is -0.255. The molecule has 2 unspecified atom stereocenters. The van der Waals surface area contributed by atoms with Crippen molar-refractivity contribution in [1.82, 2.24) is 4.90 Å². The van der Waals surface area contributed by atoms with Crippen LogP contribution in [-0.2, 0) is 4.79 Å². The average Bonchev–Trinajstić information content (AvgIpc) is 2.14. The molecule has 14 heavy (non-hydrogen) atoms. The molecule has 2 atom stereocenters. The van der Waals surface area contributed by atoms with Gasteiger partial charge in [0.05, 0.1) is 12.5 Å². The summed E-state index contributed by atoms with van der Waals surface area (Å²) < 4.78 is 0. The number of rotatable bonds is 1. The summed E-state index contributed by atoms with van der Waals surface area (Å²) in [4.78, 5) is 23.5. The summed E-state index contributed by atoms with van der Waals surface area (Å²) in [6.07, 6.45) is 0.435. The maximum atomic E-state index is 11.1. The van der Waals surface area contributed by atoms with Crippen LogP contribution < -0.4 is 0 Å². The third kappa shape index (κ3) is 1.44. The number of hydrogen-bond donors (Lipinski definition) is 0. The molecule has 0 spiro atoms. The maximum Gasteiger partial charge on any atom is 0.244 e. The number of carbonyl (C=O) groups is 2. The highest BCUT2D eigenvalue weighted by Gasteiger charge is 2.39. The number of imide groups is 1. The predicted octanol–water partition coefficient (Wildman–Crippen LogP) is 1.96. The number of likely N-dealkylation sites (tertiary alicyclic amines) is 1. The molecule has 0 N–H and O–H groups in total. The first-order chi connectivity index (χ1) is 6.70. The van der Waals surface area contributed by atoms with Gasteiger partial charge in [-0.3, -0.25) is 14.5 Å². The Bertz CT molecular complexity index is 369. The van der Waals surface area contributed by atoms with Gasteiger partial charge in [-0.1, -0.05) is 30.3 Å². The van der Waals surface area contributed by atoms with Crippen LogP contribution in [0.4, 0.5) is 4.79 Å². The summed E-state index contributed by atoms with van der Waals surface area (Å²) in [7, 11) is 2.03. The molecule has 1 saturated heterocycles. The standard InChI is InChI=1S/C10H10NO2P/c12-9-6-8(11(9)10(13)14)7-4-2-1-3-5-7/h1-5,8H,6,14H2. The Kier molecular flexibility index (Phi) is 2.34. The minimum absolute atomic E-state index is 0.0614. The van der Waals surface area contributed by atoms with E-state index in [-0.39, 0.29) is 17.6 Å². The smallest absolute Gasteiger partial charge is 0.244 e. The molecule has 0 bridgehead atoms. The van der Waals surface area contributed by atoms with Crippen LogP contribution in [-0.4, -0.2) is 16.5 Å². The lowest BCUT2D eigenvalue weighted by Crippen LogP contribution is -2.47. The molecule has 0 aliphatic carbocycles. The summed E-state index contributed by atoms with van der Waals surface area (Å²) in [5.74, 6) is -0.0983. The van der Waals surface area contributed by atoms with Crippen molar-refractivity contribution in [2.75, 3.05) is 0 Å². The molecule has 4 heteroatoms. The molecule has 72 valence electrons. The van der Waals surface area contributed by atoms with E-state index in [9.17, 15) is 9.59 Å². The van der Waals surface area contributed by atoms with Crippen LogP contribution in [0.3, 0.4) is 0 Å². The van der Waals surface area contributed by atoms with Gasteiger partial charge < -0.3 is 0 Å². The Labute approximate surface area is 84.3 Å². The van der Waals surface area contributed by atoms with Gasteiger partial charge in [0, 0.05) is 0 Å².